The number of guanidine groups is 1. The Balaban J connectivity index is 2.46. The fourth-order valence-electron chi connectivity index (χ4n) is 2.90. The fourth-order valence-corrected chi connectivity index (χ4v) is 2.90. The van der Waals surface area contributed by atoms with Gasteiger partial charge in [-0.25, -0.2) is 4.99 Å². The molecule has 0 bridgehead atoms. The summed E-state index contributed by atoms with van der Waals surface area (Å²) in [6, 6.07) is 0.443. The first-order valence-corrected chi connectivity index (χ1v) is 9.76. The summed E-state index contributed by atoms with van der Waals surface area (Å²) in [4.78, 5) is 17.9. The third kappa shape index (κ3) is 9.68. The lowest BCUT2D eigenvalue weighted by Crippen LogP contribution is -2.47. The summed E-state index contributed by atoms with van der Waals surface area (Å²) in [5.74, 6) is 1.42. The molecule has 2 N–H and O–H groups in total. The first kappa shape index (κ1) is 21.7. The van der Waals surface area contributed by atoms with E-state index in [-0.39, 0.29) is 18.6 Å². The van der Waals surface area contributed by atoms with E-state index in [0.717, 1.165) is 32.0 Å². The Bertz CT molecular complexity index is 410. The topological polar surface area (TPSA) is 66.0 Å². The molecule has 6 nitrogen and oxygen atoms in total. The molecule has 2 atom stereocenters. The van der Waals surface area contributed by atoms with Gasteiger partial charge in [0.05, 0.1) is 6.10 Å². The molecule has 25 heavy (non-hydrogen) atoms. The summed E-state index contributed by atoms with van der Waals surface area (Å²) >= 11 is 0. The molecule has 146 valence electrons. The van der Waals surface area contributed by atoms with Gasteiger partial charge in [0, 0.05) is 33.3 Å². The number of amides is 1. The third-order valence-corrected chi connectivity index (χ3v) is 4.62. The Morgan fingerprint density at radius 2 is 1.96 bits per heavy atom. The zero-order valence-electron chi connectivity index (χ0n) is 16.8. The highest BCUT2D eigenvalue weighted by atomic mass is 16.5. The molecule has 0 aromatic carbocycles. The number of nitrogens with one attached hydrogen (secondary N) is 2. The van der Waals surface area contributed by atoms with E-state index in [2.05, 4.69) is 36.4 Å². The zero-order valence-corrected chi connectivity index (χ0v) is 16.8. The summed E-state index contributed by atoms with van der Waals surface area (Å²) in [5.41, 5.74) is 0. The average Bonchev–Trinajstić information content (AvgIpc) is 2.56. The van der Waals surface area contributed by atoms with Crippen molar-refractivity contribution in [2.24, 2.45) is 10.9 Å². The van der Waals surface area contributed by atoms with Crippen molar-refractivity contribution in [2.75, 3.05) is 33.8 Å². The molecule has 0 radical (unpaired) electrons. The van der Waals surface area contributed by atoms with Gasteiger partial charge in [-0.3, -0.25) is 4.79 Å². The van der Waals surface area contributed by atoms with Crippen LogP contribution in [-0.2, 0) is 9.53 Å². The van der Waals surface area contributed by atoms with Crippen molar-refractivity contribution >= 4 is 11.9 Å². The monoisotopic (exact) mass is 354 g/mol. The molecule has 6 heteroatoms. The van der Waals surface area contributed by atoms with Crippen molar-refractivity contribution < 1.29 is 9.53 Å². The molecule has 1 saturated carbocycles. The standard InChI is InChI=1S/C19H38N4O2/c1-15(2)25-13-9-8-12-20-19(21-14-18(24)23(4)5)22-17-11-7-6-10-16(17)3/h15-17H,6-14H2,1-5H3,(H2,20,21,22). The van der Waals surface area contributed by atoms with Crippen LogP contribution in [0, 0.1) is 5.92 Å². The number of carbonyl (C=O) groups excluding carboxylic acids is 1. The molecule has 1 fully saturated rings. The van der Waals surface area contributed by atoms with Gasteiger partial charge in [0.25, 0.3) is 0 Å². The first-order chi connectivity index (χ1) is 11.9. The molecule has 0 aromatic heterocycles. The summed E-state index contributed by atoms with van der Waals surface area (Å²) in [5, 5.41) is 6.93. The molecule has 1 aliphatic rings. The molecular weight excluding hydrogens is 316 g/mol. The average molecular weight is 355 g/mol. The van der Waals surface area contributed by atoms with Crippen LogP contribution in [0.15, 0.2) is 4.99 Å². The van der Waals surface area contributed by atoms with Gasteiger partial charge >= 0.3 is 0 Å². The minimum Gasteiger partial charge on any atom is -0.379 e. The van der Waals surface area contributed by atoms with E-state index >= 15 is 0 Å². The number of hydrogen-bond donors (Lipinski definition) is 2. The van der Waals surface area contributed by atoms with Gasteiger partial charge in [-0.2, -0.15) is 0 Å². The molecule has 1 rings (SSSR count). The molecule has 1 aliphatic carbocycles. The van der Waals surface area contributed by atoms with Gasteiger partial charge in [-0.15, -0.1) is 0 Å². The molecule has 0 aliphatic heterocycles. The van der Waals surface area contributed by atoms with E-state index in [0.29, 0.717) is 12.0 Å². The molecule has 0 aromatic rings. The second-order valence-electron chi connectivity index (χ2n) is 7.52. The largest absolute Gasteiger partial charge is 0.379 e. The molecule has 1 amide bonds. The van der Waals surface area contributed by atoms with Crippen LogP contribution >= 0.6 is 0 Å². The number of ether oxygens (including phenoxy) is 1. The number of carbonyl (C=O) groups is 1. The van der Waals surface area contributed by atoms with Crippen molar-refractivity contribution in [3.63, 3.8) is 0 Å². The van der Waals surface area contributed by atoms with Crippen LogP contribution in [0.1, 0.15) is 59.3 Å². The van der Waals surface area contributed by atoms with E-state index in [1.54, 1.807) is 19.0 Å². The predicted octanol–water partition coefficient (Wildman–Crippen LogP) is 2.39. The maximum atomic E-state index is 11.8. The van der Waals surface area contributed by atoms with E-state index in [4.69, 9.17) is 4.74 Å². The van der Waals surface area contributed by atoms with Crippen LogP contribution in [0.5, 0.6) is 0 Å². The van der Waals surface area contributed by atoms with Crippen LogP contribution in [-0.4, -0.2) is 62.7 Å². The second-order valence-corrected chi connectivity index (χ2v) is 7.52. The number of aliphatic imine (C=N–C) groups is 1. The Kier molecular flexibility index (Phi) is 10.5. The highest BCUT2D eigenvalue weighted by molar-refractivity contribution is 5.84. The van der Waals surface area contributed by atoms with Crippen molar-refractivity contribution in [3.8, 4) is 0 Å². The van der Waals surface area contributed by atoms with Crippen molar-refractivity contribution in [1.82, 2.24) is 15.5 Å². The number of likely N-dealkylation sites (N-methyl/N-ethyl adjacent to an activating group) is 1. The molecule has 2 unspecified atom stereocenters. The van der Waals surface area contributed by atoms with E-state index < -0.39 is 0 Å². The summed E-state index contributed by atoms with van der Waals surface area (Å²) < 4.78 is 5.57. The highest BCUT2D eigenvalue weighted by Crippen LogP contribution is 2.23. The molecular formula is C19H38N4O2. The van der Waals surface area contributed by atoms with E-state index in [9.17, 15) is 4.79 Å². The SMILES string of the molecule is CC(C)OCCCCNC(=NCC(=O)N(C)C)NC1CCCCC1C. The number of hydrogen-bond acceptors (Lipinski definition) is 3. The van der Waals surface area contributed by atoms with Crippen molar-refractivity contribution in [3.05, 3.63) is 0 Å². The fraction of sp³-hybridized carbons (Fsp3) is 0.895. The van der Waals surface area contributed by atoms with Gasteiger partial charge in [0.2, 0.25) is 5.91 Å². The second kappa shape index (κ2) is 12.1. The van der Waals surface area contributed by atoms with Gasteiger partial charge in [0.15, 0.2) is 5.96 Å². The molecule has 0 saturated heterocycles. The molecule has 0 heterocycles. The Morgan fingerprint density at radius 3 is 2.60 bits per heavy atom. The zero-order chi connectivity index (χ0) is 18.7. The smallest absolute Gasteiger partial charge is 0.243 e. The van der Waals surface area contributed by atoms with Crippen LogP contribution in [0.4, 0.5) is 0 Å². The lowest BCUT2D eigenvalue weighted by molar-refractivity contribution is -0.127. The minimum atomic E-state index is 0.0168. The van der Waals surface area contributed by atoms with Gasteiger partial charge < -0.3 is 20.3 Å². The van der Waals surface area contributed by atoms with Crippen LogP contribution in [0.25, 0.3) is 0 Å². The third-order valence-electron chi connectivity index (χ3n) is 4.62. The lowest BCUT2D eigenvalue weighted by atomic mass is 9.86. The van der Waals surface area contributed by atoms with E-state index in [1.165, 1.54) is 25.7 Å². The summed E-state index contributed by atoms with van der Waals surface area (Å²) in [6.07, 6.45) is 7.34. The van der Waals surface area contributed by atoms with Crippen molar-refractivity contribution in [2.45, 2.75) is 71.4 Å². The quantitative estimate of drug-likeness (QED) is 0.379. The minimum absolute atomic E-state index is 0.0168. The summed E-state index contributed by atoms with van der Waals surface area (Å²) in [7, 11) is 3.52. The van der Waals surface area contributed by atoms with Crippen LogP contribution in [0.2, 0.25) is 0 Å². The van der Waals surface area contributed by atoms with Gasteiger partial charge in [-0.05, 0) is 45.4 Å². The maximum Gasteiger partial charge on any atom is 0.243 e. The maximum absolute atomic E-state index is 11.8. The van der Waals surface area contributed by atoms with Crippen LogP contribution in [0.3, 0.4) is 0 Å². The predicted molar refractivity (Wildman–Crippen MR) is 104 cm³/mol. The molecule has 0 spiro atoms. The van der Waals surface area contributed by atoms with Gasteiger partial charge in [0.1, 0.15) is 6.54 Å². The van der Waals surface area contributed by atoms with Crippen molar-refractivity contribution in [1.29, 1.82) is 0 Å². The van der Waals surface area contributed by atoms with Gasteiger partial charge in [-0.1, -0.05) is 19.8 Å². The first-order valence-electron chi connectivity index (χ1n) is 9.76. The number of nitrogens with zero attached hydrogens (tertiary/aromatic N) is 2. The highest BCUT2D eigenvalue weighted by Gasteiger charge is 2.22. The number of unbranched alkanes of at least 4 members (excludes halogenated alkanes) is 1. The Labute approximate surface area is 153 Å². The Hall–Kier alpha value is -1.30. The normalized spacial score (nSPS) is 21.3. The Morgan fingerprint density at radius 1 is 1.24 bits per heavy atom. The number of rotatable bonds is 9. The van der Waals surface area contributed by atoms with E-state index in [1.807, 2.05) is 0 Å². The van der Waals surface area contributed by atoms with Crippen LogP contribution < -0.4 is 10.6 Å². The lowest BCUT2D eigenvalue weighted by Gasteiger charge is -2.31. The summed E-state index contributed by atoms with van der Waals surface area (Å²) in [6.45, 7) is 8.21.